The van der Waals surface area contributed by atoms with Gasteiger partial charge in [0.1, 0.15) is 16.7 Å². The lowest BCUT2D eigenvalue weighted by atomic mass is 9.99. The van der Waals surface area contributed by atoms with Crippen molar-refractivity contribution >= 4 is 65.4 Å². The van der Waals surface area contributed by atoms with E-state index in [1.165, 1.54) is 16.2 Å². The van der Waals surface area contributed by atoms with Crippen LogP contribution >= 0.6 is 0 Å². The molecule has 0 aliphatic rings. The molecule has 0 atom stereocenters. The molecule has 0 aliphatic heterocycles. The molecule has 3 aromatic heterocycles. The molecule has 0 saturated carbocycles. The SMILES string of the molecule is c1ccc(-n2c(-c3cccc4c3oc3c4ccc4ccc5ccccc5c43)nc3c4ccccc4cnc32)cc1. The minimum atomic E-state index is 0.809. The third kappa shape index (κ3) is 2.90. The molecule has 9 rings (SSSR count). The monoisotopic (exact) mass is 511 g/mol. The van der Waals surface area contributed by atoms with Gasteiger partial charge < -0.3 is 4.42 Å². The quantitative estimate of drug-likeness (QED) is 0.217. The number of nitrogens with zero attached hydrogens (tertiary/aromatic N) is 3. The van der Waals surface area contributed by atoms with Crippen LogP contribution in [0.3, 0.4) is 0 Å². The average Bonchev–Trinajstić information content (AvgIpc) is 3.60. The van der Waals surface area contributed by atoms with Gasteiger partial charge in [0.15, 0.2) is 11.5 Å². The highest BCUT2D eigenvalue weighted by Crippen LogP contribution is 2.42. The number of benzene rings is 6. The molecular weight excluding hydrogens is 490 g/mol. The normalized spacial score (nSPS) is 12.0. The summed E-state index contributed by atoms with van der Waals surface area (Å²) < 4.78 is 9.01. The number of furan rings is 1. The highest BCUT2D eigenvalue weighted by atomic mass is 16.3. The number of hydrogen-bond acceptors (Lipinski definition) is 3. The van der Waals surface area contributed by atoms with Crippen LogP contribution in [-0.4, -0.2) is 14.5 Å². The van der Waals surface area contributed by atoms with E-state index in [1.54, 1.807) is 0 Å². The lowest BCUT2D eigenvalue weighted by Gasteiger charge is -2.09. The van der Waals surface area contributed by atoms with Gasteiger partial charge in [0, 0.05) is 38.8 Å². The van der Waals surface area contributed by atoms with Crippen molar-refractivity contribution in [1.82, 2.24) is 14.5 Å². The zero-order chi connectivity index (χ0) is 26.2. The van der Waals surface area contributed by atoms with E-state index in [9.17, 15) is 0 Å². The zero-order valence-electron chi connectivity index (χ0n) is 21.4. The Hall–Kier alpha value is -5.48. The molecule has 186 valence electrons. The molecule has 0 bridgehead atoms. The van der Waals surface area contributed by atoms with E-state index >= 15 is 0 Å². The summed E-state index contributed by atoms with van der Waals surface area (Å²) in [5, 5.41) is 9.03. The van der Waals surface area contributed by atoms with Gasteiger partial charge in [-0.2, -0.15) is 0 Å². The summed E-state index contributed by atoms with van der Waals surface area (Å²) in [5.41, 5.74) is 5.38. The molecule has 0 spiro atoms. The molecule has 0 saturated heterocycles. The van der Waals surface area contributed by atoms with Gasteiger partial charge in [0.25, 0.3) is 0 Å². The second-order valence-electron chi connectivity index (χ2n) is 10.2. The Morgan fingerprint density at radius 1 is 0.525 bits per heavy atom. The van der Waals surface area contributed by atoms with Crippen molar-refractivity contribution in [1.29, 1.82) is 0 Å². The summed E-state index contributed by atoms with van der Waals surface area (Å²) in [7, 11) is 0. The average molecular weight is 512 g/mol. The molecule has 9 aromatic rings. The van der Waals surface area contributed by atoms with Gasteiger partial charge in [0.05, 0.1) is 5.56 Å². The van der Waals surface area contributed by atoms with Crippen LogP contribution in [0.1, 0.15) is 0 Å². The van der Waals surface area contributed by atoms with Crippen molar-refractivity contribution < 1.29 is 4.42 Å². The first-order valence-electron chi connectivity index (χ1n) is 13.4. The van der Waals surface area contributed by atoms with E-state index in [0.29, 0.717) is 0 Å². The van der Waals surface area contributed by atoms with Gasteiger partial charge >= 0.3 is 0 Å². The summed E-state index contributed by atoms with van der Waals surface area (Å²) in [5.74, 6) is 0.809. The fourth-order valence-corrected chi connectivity index (χ4v) is 6.19. The first kappa shape index (κ1) is 21.5. The zero-order valence-corrected chi connectivity index (χ0v) is 21.4. The number of fused-ring (bicyclic) bond motifs is 10. The number of hydrogen-bond donors (Lipinski definition) is 0. The maximum absolute atomic E-state index is 6.86. The van der Waals surface area contributed by atoms with E-state index in [2.05, 4.69) is 102 Å². The van der Waals surface area contributed by atoms with Gasteiger partial charge in [-0.15, -0.1) is 0 Å². The van der Waals surface area contributed by atoms with Crippen LogP contribution in [0, 0.1) is 0 Å². The van der Waals surface area contributed by atoms with Crippen molar-refractivity contribution in [2.45, 2.75) is 0 Å². The van der Waals surface area contributed by atoms with E-state index in [4.69, 9.17) is 14.4 Å². The molecule has 0 N–H and O–H groups in total. The third-order valence-corrected chi connectivity index (χ3v) is 8.02. The van der Waals surface area contributed by atoms with Crippen LogP contribution < -0.4 is 0 Å². The minimum Gasteiger partial charge on any atom is -0.455 e. The lowest BCUT2D eigenvalue weighted by Crippen LogP contribution is -1.98. The molecule has 0 aliphatic carbocycles. The minimum absolute atomic E-state index is 0.809. The first-order valence-corrected chi connectivity index (χ1v) is 13.4. The van der Waals surface area contributed by atoms with Crippen molar-refractivity contribution in [3.05, 3.63) is 128 Å². The molecule has 0 amide bonds. The van der Waals surface area contributed by atoms with Gasteiger partial charge in [-0.25, -0.2) is 9.97 Å². The summed E-state index contributed by atoms with van der Waals surface area (Å²) in [6.07, 6.45) is 1.93. The van der Waals surface area contributed by atoms with Gasteiger partial charge in [-0.05, 0) is 40.4 Å². The van der Waals surface area contributed by atoms with E-state index < -0.39 is 0 Å². The number of para-hydroxylation sites is 2. The molecule has 4 heteroatoms. The van der Waals surface area contributed by atoms with Crippen LogP contribution in [0.25, 0.3) is 82.5 Å². The number of imidazole rings is 1. The van der Waals surface area contributed by atoms with E-state index in [-0.39, 0.29) is 0 Å². The maximum atomic E-state index is 6.86. The van der Waals surface area contributed by atoms with Crippen LogP contribution in [0.15, 0.2) is 132 Å². The van der Waals surface area contributed by atoms with Crippen LogP contribution in [0.4, 0.5) is 0 Å². The van der Waals surface area contributed by atoms with E-state index in [1.807, 2.05) is 30.5 Å². The number of pyridine rings is 1. The van der Waals surface area contributed by atoms with Gasteiger partial charge in [0.2, 0.25) is 0 Å². The maximum Gasteiger partial charge on any atom is 0.165 e. The Labute approximate surface area is 228 Å². The molecule has 40 heavy (non-hydrogen) atoms. The Morgan fingerprint density at radius 2 is 1.23 bits per heavy atom. The van der Waals surface area contributed by atoms with Crippen molar-refractivity contribution in [3.63, 3.8) is 0 Å². The number of rotatable bonds is 2. The van der Waals surface area contributed by atoms with Crippen molar-refractivity contribution in [2.24, 2.45) is 0 Å². The smallest absolute Gasteiger partial charge is 0.165 e. The Bertz CT molecular complexity index is 2430. The third-order valence-electron chi connectivity index (χ3n) is 8.02. The van der Waals surface area contributed by atoms with Gasteiger partial charge in [-0.3, -0.25) is 4.57 Å². The highest BCUT2D eigenvalue weighted by molar-refractivity contribution is 6.24. The molecule has 0 unspecified atom stereocenters. The topological polar surface area (TPSA) is 43.9 Å². The summed E-state index contributed by atoms with van der Waals surface area (Å²) >= 11 is 0. The predicted octanol–water partition coefficient (Wildman–Crippen LogP) is 9.45. The van der Waals surface area contributed by atoms with E-state index in [0.717, 1.165) is 66.3 Å². The fraction of sp³-hybridized carbons (Fsp3) is 0. The standard InChI is InChI=1S/C36H21N3O/c1-2-11-25(12-3-1)39-35(38-32-27-14-7-5-10-24(27)21-37-36(32)39)30-16-8-15-28-29-20-19-23-18-17-22-9-4-6-13-26(22)31(23)34(29)40-33(28)30/h1-21H. The van der Waals surface area contributed by atoms with Crippen LogP contribution in [0.5, 0.6) is 0 Å². The molecule has 3 heterocycles. The Balaban J connectivity index is 1.43. The summed E-state index contributed by atoms with van der Waals surface area (Å²) in [6.45, 7) is 0. The molecule has 6 aromatic carbocycles. The molecule has 0 radical (unpaired) electrons. The molecule has 0 fully saturated rings. The number of aromatic nitrogens is 3. The fourth-order valence-electron chi connectivity index (χ4n) is 6.19. The summed E-state index contributed by atoms with van der Waals surface area (Å²) in [6, 6.07) is 42.2. The largest absolute Gasteiger partial charge is 0.455 e. The molecular formula is C36H21N3O. The van der Waals surface area contributed by atoms with Crippen LogP contribution in [0.2, 0.25) is 0 Å². The lowest BCUT2D eigenvalue weighted by molar-refractivity contribution is 0.673. The molecule has 4 nitrogen and oxygen atoms in total. The van der Waals surface area contributed by atoms with Gasteiger partial charge in [-0.1, -0.05) is 97.1 Å². The second-order valence-corrected chi connectivity index (χ2v) is 10.2. The Morgan fingerprint density at radius 3 is 2.12 bits per heavy atom. The Kier molecular flexibility index (Phi) is 4.30. The second kappa shape index (κ2) is 8.01. The first-order chi connectivity index (χ1) is 19.8. The van der Waals surface area contributed by atoms with Crippen molar-refractivity contribution in [2.75, 3.05) is 0 Å². The highest BCUT2D eigenvalue weighted by Gasteiger charge is 2.22. The van der Waals surface area contributed by atoms with Crippen LogP contribution in [-0.2, 0) is 0 Å². The van der Waals surface area contributed by atoms with Crippen molar-refractivity contribution in [3.8, 4) is 17.1 Å². The predicted molar refractivity (Wildman–Crippen MR) is 164 cm³/mol. The summed E-state index contributed by atoms with van der Waals surface area (Å²) in [4.78, 5) is 10.2.